The van der Waals surface area contributed by atoms with Gasteiger partial charge in [-0.25, -0.2) is 8.78 Å². The molecule has 0 radical (unpaired) electrons. The molecule has 1 aliphatic heterocycles. The van der Waals surface area contributed by atoms with Crippen molar-refractivity contribution in [2.24, 2.45) is 5.73 Å². The molecule has 1 saturated carbocycles. The summed E-state index contributed by atoms with van der Waals surface area (Å²) in [5, 5.41) is 0. The van der Waals surface area contributed by atoms with E-state index in [0.717, 1.165) is 19.8 Å². The fourth-order valence-electron chi connectivity index (χ4n) is 2.40. The Hall–Kier alpha value is -1.36. The van der Waals surface area contributed by atoms with Crippen LogP contribution in [0.25, 0.3) is 0 Å². The van der Waals surface area contributed by atoms with E-state index in [0.29, 0.717) is 36.7 Å². The first-order valence-electron chi connectivity index (χ1n) is 6.47. The van der Waals surface area contributed by atoms with Gasteiger partial charge in [0.15, 0.2) is 11.5 Å². The summed E-state index contributed by atoms with van der Waals surface area (Å²) in [6, 6.07) is 3.06. The first-order valence-corrected chi connectivity index (χ1v) is 6.47. The summed E-state index contributed by atoms with van der Waals surface area (Å²) < 4.78 is 38.3. The molecule has 0 atom stereocenters. The summed E-state index contributed by atoms with van der Waals surface area (Å²) in [5.41, 5.74) is 6.29. The van der Waals surface area contributed by atoms with E-state index < -0.39 is 5.92 Å². The molecule has 3 nitrogen and oxygen atoms in total. The third-order valence-corrected chi connectivity index (χ3v) is 3.68. The van der Waals surface area contributed by atoms with Crippen LogP contribution in [0.3, 0.4) is 0 Å². The first-order chi connectivity index (χ1) is 8.87. The van der Waals surface area contributed by atoms with Crippen molar-refractivity contribution in [3.8, 4) is 11.5 Å². The van der Waals surface area contributed by atoms with E-state index >= 15 is 0 Å². The van der Waals surface area contributed by atoms with Gasteiger partial charge >= 0.3 is 0 Å². The highest BCUT2D eigenvalue weighted by atomic mass is 19.3. The second kappa shape index (κ2) is 4.07. The molecule has 0 aromatic heterocycles. The third kappa shape index (κ3) is 2.52. The Kier molecular flexibility index (Phi) is 2.71. The standard InChI is InChI=1S/C14H17F2NO2/c1-13(15,16)10-7-12-11(18-4-5-19-12)6-9(10)8-14(17)2-3-14/h6-7H,2-5,8,17H2,1H3. The molecular weight excluding hydrogens is 252 g/mol. The zero-order chi connectivity index (χ0) is 13.7. The highest BCUT2D eigenvalue weighted by Gasteiger charge is 2.41. The Morgan fingerprint density at radius 3 is 2.32 bits per heavy atom. The molecule has 0 unspecified atom stereocenters. The number of benzene rings is 1. The predicted molar refractivity (Wildman–Crippen MR) is 66.9 cm³/mol. The molecule has 1 aromatic rings. The van der Waals surface area contributed by atoms with Crippen LogP contribution >= 0.6 is 0 Å². The van der Waals surface area contributed by atoms with Crippen LogP contribution in [0.2, 0.25) is 0 Å². The summed E-state index contributed by atoms with van der Waals surface area (Å²) in [6.45, 7) is 1.74. The van der Waals surface area contributed by atoms with E-state index in [-0.39, 0.29) is 11.1 Å². The van der Waals surface area contributed by atoms with Crippen LogP contribution in [0.15, 0.2) is 12.1 Å². The summed E-state index contributed by atoms with van der Waals surface area (Å²) in [7, 11) is 0. The maximum atomic E-state index is 13.7. The minimum Gasteiger partial charge on any atom is -0.486 e. The Labute approximate surface area is 110 Å². The highest BCUT2D eigenvalue weighted by Crippen LogP contribution is 2.43. The van der Waals surface area contributed by atoms with E-state index in [9.17, 15) is 8.78 Å². The molecule has 0 spiro atoms. The van der Waals surface area contributed by atoms with E-state index in [1.807, 2.05) is 0 Å². The van der Waals surface area contributed by atoms with Gasteiger partial charge in [0, 0.05) is 18.0 Å². The van der Waals surface area contributed by atoms with Crippen molar-refractivity contribution in [1.82, 2.24) is 0 Å². The molecule has 1 fully saturated rings. The van der Waals surface area contributed by atoms with Crippen molar-refractivity contribution in [2.75, 3.05) is 13.2 Å². The van der Waals surface area contributed by atoms with Crippen LogP contribution in [0, 0.1) is 0 Å². The Balaban J connectivity index is 2.03. The van der Waals surface area contributed by atoms with Crippen LogP contribution in [0.4, 0.5) is 8.78 Å². The van der Waals surface area contributed by atoms with Crippen molar-refractivity contribution in [3.63, 3.8) is 0 Å². The molecule has 2 aliphatic rings. The quantitative estimate of drug-likeness (QED) is 0.917. The molecule has 1 aliphatic carbocycles. The second-order valence-corrected chi connectivity index (χ2v) is 5.58. The van der Waals surface area contributed by atoms with Gasteiger partial charge in [0.1, 0.15) is 13.2 Å². The van der Waals surface area contributed by atoms with Crippen LogP contribution in [-0.2, 0) is 12.3 Å². The van der Waals surface area contributed by atoms with Gasteiger partial charge in [0.05, 0.1) is 0 Å². The fraction of sp³-hybridized carbons (Fsp3) is 0.571. The fourth-order valence-corrected chi connectivity index (χ4v) is 2.40. The maximum Gasteiger partial charge on any atom is 0.270 e. The molecule has 19 heavy (non-hydrogen) atoms. The summed E-state index contributed by atoms with van der Waals surface area (Å²) in [6.07, 6.45) is 2.23. The molecule has 5 heteroatoms. The predicted octanol–water partition coefficient (Wildman–Crippen LogP) is 2.60. The lowest BCUT2D eigenvalue weighted by atomic mass is 9.95. The van der Waals surface area contributed by atoms with Gasteiger partial charge in [-0.05, 0) is 37.0 Å². The summed E-state index contributed by atoms with van der Waals surface area (Å²) >= 11 is 0. The molecule has 2 N–H and O–H groups in total. The lowest BCUT2D eigenvalue weighted by molar-refractivity contribution is 0.0159. The number of nitrogens with two attached hydrogens (primary N) is 1. The topological polar surface area (TPSA) is 44.5 Å². The minimum absolute atomic E-state index is 0.00604. The van der Waals surface area contributed by atoms with Crippen molar-refractivity contribution in [3.05, 3.63) is 23.3 Å². The number of hydrogen-bond acceptors (Lipinski definition) is 3. The van der Waals surface area contributed by atoms with E-state index in [1.54, 1.807) is 6.07 Å². The molecule has 0 amide bonds. The van der Waals surface area contributed by atoms with Gasteiger partial charge in [-0.2, -0.15) is 0 Å². The molecule has 1 aromatic carbocycles. The Bertz CT molecular complexity index is 507. The van der Waals surface area contributed by atoms with Crippen molar-refractivity contribution < 1.29 is 18.3 Å². The molecule has 0 saturated heterocycles. The van der Waals surface area contributed by atoms with Gasteiger partial charge in [0.25, 0.3) is 5.92 Å². The smallest absolute Gasteiger partial charge is 0.270 e. The number of ether oxygens (including phenoxy) is 2. The average Bonchev–Trinajstić information content (AvgIpc) is 3.04. The Morgan fingerprint density at radius 2 is 1.79 bits per heavy atom. The molecule has 104 valence electrons. The number of halogens is 2. The second-order valence-electron chi connectivity index (χ2n) is 5.58. The third-order valence-electron chi connectivity index (χ3n) is 3.68. The van der Waals surface area contributed by atoms with Crippen molar-refractivity contribution in [1.29, 1.82) is 0 Å². The largest absolute Gasteiger partial charge is 0.486 e. The summed E-state index contributed by atoms with van der Waals surface area (Å²) in [5.74, 6) is -1.97. The number of rotatable bonds is 3. The van der Waals surface area contributed by atoms with Crippen molar-refractivity contribution in [2.45, 2.75) is 37.6 Å². The number of alkyl halides is 2. The highest BCUT2D eigenvalue weighted by molar-refractivity contribution is 5.50. The van der Waals surface area contributed by atoms with Gasteiger partial charge in [-0.3, -0.25) is 0 Å². The number of fused-ring (bicyclic) bond motifs is 1. The summed E-state index contributed by atoms with van der Waals surface area (Å²) in [4.78, 5) is 0. The van der Waals surface area contributed by atoms with Gasteiger partial charge < -0.3 is 15.2 Å². The lowest BCUT2D eigenvalue weighted by Crippen LogP contribution is -2.27. The Morgan fingerprint density at radius 1 is 1.21 bits per heavy atom. The lowest BCUT2D eigenvalue weighted by Gasteiger charge is -2.24. The van der Waals surface area contributed by atoms with Crippen LogP contribution in [-0.4, -0.2) is 18.8 Å². The van der Waals surface area contributed by atoms with Crippen LogP contribution in [0.5, 0.6) is 11.5 Å². The van der Waals surface area contributed by atoms with E-state index in [1.165, 1.54) is 6.07 Å². The molecule has 0 bridgehead atoms. The van der Waals surface area contributed by atoms with Crippen LogP contribution < -0.4 is 15.2 Å². The molecule has 1 heterocycles. The SMILES string of the molecule is CC(F)(F)c1cc2c(cc1CC1(N)CC1)OCCO2. The zero-order valence-corrected chi connectivity index (χ0v) is 10.8. The van der Waals surface area contributed by atoms with Crippen molar-refractivity contribution >= 4 is 0 Å². The first kappa shape index (κ1) is 12.7. The normalized spacial score (nSPS) is 20.2. The van der Waals surface area contributed by atoms with Gasteiger partial charge in [0.2, 0.25) is 0 Å². The number of hydrogen-bond donors (Lipinski definition) is 1. The van der Waals surface area contributed by atoms with Gasteiger partial charge in [-0.1, -0.05) is 0 Å². The van der Waals surface area contributed by atoms with E-state index in [4.69, 9.17) is 15.2 Å². The zero-order valence-electron chi connectivity index (χ0n) is 10.8. The monoisotopic (exact) mass is 269 g/mol. The average molecular weight is 269 g/mol. The molecule has 3 rings (SSSR count). The maximum absolute atomic E-state index is 13.7. The molecular formula is C14H17F2NO2. The minimum atomic E-state index is -2.91. The van der Waals surface area contributed by atoms with E-state index in [2.05, 4.69) is 0 Å². The van der Waals surface area contributed by atoms with Crippen LogP contribution in [0.1, 0.15) is 30.9 Å². The van der Waals surface area contributed by atoms with Gasteiger partial charge in [-0.15, -0.1) is 0 Å².